The van der Waals surface area contributed by atoms with Crippen LogP contribution in [0.5, 0.6) is 0 Å². The lowest BCUT2D eigenvalue weighted by atomic mass is 10.1. The standard InChI is InChI=1S/C25H19N5O4/c1-28-17-12-8-7-11-15(17)18-21-19(25(32)34-3)16(24(31)33-2)13-29(21)23-20(14-9-5-4-6-10-14)26-27-30(23)22(18)28/h4-13H,1-3H3. The lowest BCUT2D eigenvalue weighted by Gasteiger charge is -2.08. The van der Waals surface area contributed by atoms with Crippen LogP contribution in [0.4, 0.5) is 0 Å². The number of esters is 2. The van der Waals surface area contributed by atoms with Gasteiger partial charge in [-0.25, -0.2) is 9.59 Å². The van der Waals surface area contributed by atoms with Crippen molar-refractivity contribution < 1.29 is 19.1 Å². The number of aryl methyl sites for hydroxylation is 1. The first-order valence-electron chi connectivity index (χ1n) is 10.6. The number of para-hydroxylation sites is 1. The summed E-state index contributed by atoms with van der Waals surface area (Å²) in [5, 5.41) is 10.6. The molecule has 0 amide bonds. The highest BCUT2D eigenvalue weighted by Gasteiger charge is 2.30. The van der Waals surface area contributed by atoms with Crippen LogP contribution in [0.15, 0.2) is 60.8 Å². The first-order chi connectivity index (χ1) is 16.6. The summed E-state index contributed by atoms with van der Waals surface area (Å²) in [6.45, 7) is 0. The number of aromatic nitrogens is 5. The Morgan fingerprint density at radius 3 is 2.32 bits per heavy atom. The van der Waals surface area contributed by atoms with Gasteiger partial charge in [-0.3, -0.25) is 4.40 Å². The van der Waals surface area contributed by atoms with E-state index in [1.165, 1.54) is 14.2 Å². The molecule has 0 fully saturated rings. The van der Waals surface area contributed by atoms with Crippen molar-refractivity contribution in [2.45, 2.75) is 0 Å². The number of carbonyl (C=O) groups is 2. The van der Waals surface area contributed by atoms with E-state index in [0.717, 1.165) is 27.5 Å². The minimum absolute atomic E-state index is 0.108. The molecule has 9 heteroatoms. The van der Waals surface area contributed by atoms with Gasteiger partial charge < -0.3 is 14.0 Å². The van der Waals surface area contributed by atoms with Crippen molar-refractivity contribution in [1.82, 2.24) is 23.8 Å². The van der Waals surface area contributed by atoms with Gasteiger partial charge in [0.1, 0.15) is 16.9 Å². The summed E-state index contributed by atoms with van der Waals surface area (Å²) >= 11 is 0. The van der Waals surface area contributed by atoms with Crippen LogP contribution in [0.2, 0.25) is 0 Å². The van der Waals surface area contributed by atoms with Crippen LogP contribution in [-0.2, 0) is 16.5 Å². The highest BCUT2D eigenvalue weighted by atomic mass is 16.5. The predicted octanol–water partition coefficient (Wildman–Crippen LogP) is 3.87. The van der Waals surface area contributed by atoms with Crippen molar-refractivity contribution in [3.05, 3.63) is 71.9 Å². The molecule has 0 aliphatic heterocycles. The molecule has 4 heterocycles. The second kappa shape index (κ2) is 7.17. The summed E-state index contributed by atoms with van der Waals surface area (Å²) in [4.78, 5) is 25.8. The number of nitrogens with zero attached hydrogens (tertiary/aromatic N) is 5. The average Bonchev–Trinajstić information content (AvgIpc) is 3.56. The van der Waals surface area contributed by atoms with E-state index in [4.69, 9.17) is 9.47 Å². The summed E-state index contributed by atoms with van der Waals surface area (Å²) in [5.41, 5.74) is 4.53. The van der Waals surface area contributed by atoms with E-state index >= 15 is 0 Å². The molecule has 0 radical (unpaired) electrons. The molecule has 0 aliphatic carbocycles. The number of hydrogen-bond acceptors (Lipinski definition) is 6. The minimum Gasteiger partial charge on any atom is -0.465 e. The molecule has 0 saturated heterocycles. The van der Waals surface area contributed by atoms with Crippen LogP contribution >= 0.6 is 0 Å². The molecule has 2 aromatic carbocycles. The lowest BCUT2D eigenvalue weighted by molar-refractivity contribution is 0.0558. The molecule has 0 atom stereocenters. The molecule has 6 aromatic rings. The zero-order valence-corrected chi connectivity index (χ0v) is 18.6. The van der Waals surface area contributed by atoms with Crippen LogP contribution in [-0.4, -0.2) is 50.0 Å². The molecular formula is C25H19N5O4. The highest BCUT2D eigenvalue weighted by molar-refractivity contribution is 6.22. The second-order valence-corrected chi connectivity index (χ2v) is 7.93. The zero-order valence-electron chi connectivity index (χ0n) is 18.6. The van der Waals surface area contributed by atoms with Crippen LogP contribution in [0.25, 0.3) is 44.4 Å². The van der Waals surface area contributed by atoms with Crippen molar-refractivity contribution in [1.29, 1.82) is 0 Å². The van der Waals surface area contributed by atoms with Gasteiger partial charge in [0.25, 0.3) is 0 Å². The molecule has 168 valence electrons. The molecular weight excluding hydrogens is 434 g/mol. The van der Waals surface area contributed by atoms with Crippen molar-refractivity contribution >= 4 is 45.0 Å². The van der Waals surface area contributed by atoms with Gasteiger partial charge in [-0.2, -0.15) is 4.52 Å². The number of ether oxygens (including phenoxy) is 2. The molecule has 9 nitrogen and oxygen atoms in total. The summed E-state index contributed by atoms with van der Waals surface area (Å²) in [7, 11) is 4.51. The number of methoxy groups -OCH3 is 2. The summed E-state index contributed by atoms with van der Waals surface area (Å²) in [5.74, 6) is -1.26. The Bertz CT molecular complexity index is 1780. The highest BCUT2D eigenvalue weighted by Crippen LogP contribution is 2.38. The first-order valence-corrected chi connectivity index (χ1v) is 10.6. The van der Waals surface area contributed by atoms with Gasteiger partial charge in [0.2, 0.25) is 0 Å². The Kier molecular flexibility index (Phi) is 4.22. The Labute approximate surface area is 192 Å². The number of fused-ring (bicyclic) bond motifs is 8. The van der Waals surface area contributed by atoms with Crippen LogP contribution in [0.1, 0.15) is 20.7 Å². The predicted molar refractivity (Wildman–Crippen MR) is 126 cm³/mol. The molecule has 4 aromatic heterocycles. The van der Waals surface area contributed by atoms with Gasteiger partial charge in [0.05, 0.1) is 36.2 Å². The zero-order chi connectivity index (χ0) is 23.6. The monoisotopic (exact) mass is 453 g/mol. The number of rotatable bonds is 3. The van der Waals surface area contributed by atoms with E-state index in [-0.39, 0.29) is 11.1 Å². The van der Waals surface area contributed by atoms with E-state index in [9.17, 15) is 9.59 Å². The van der Waals surface area contributed by atoms with Crippen LogP contribution in [0.3, 0.4) is 0 Å². The Balaban J connectivity index is 1.95. The van der Waals surface area contributed by atoms with E-state index in [1.807, 2.05) is 66.2 Å². The topological polar surface area (TPSA) is 92.1 Å². The molecule has 34 heavy (non-hydrogen) atoms. The molecule has 6 rings (SSSR count). The summed E-state index contributed by atoms with van der Waals surface area (Å²) in [6, 6.07) is 17.5. The molecule has 0 N–H and O–H groups in total. The summed E-state index contributed by atoms with van der Waals surface area (Å²) in [6.07, 6.45) is 1.60. The lowest BCUT2D eigenvalue weighted by Crippen LogP contribution is -2.09. The van der Waals surface area contributed by atoms with Crippen molar-refractivity contribution in [3.63, 3.8) is 0 Å². The fourth-order valence-corrected chi connectivity index (χ4v) is 4.77. The number of benzene rings is 2. The third-order valence-corrected chi connectivity index (χ3v) is 6.24. The molecule has 0 bridgehead atoms. The maximum atomic E-state index is 13.1. The van der Waals surface area contributed by atoms with Gasteiger partial charge in [-0.1, -0.05) is 53.7 Å². The Hall–Kier alpha value is -4.66. The number of hydrogen-bond donors (Lipinski definition) is 0. The second-order valence-electron chi connectivity index (χ2n) is 7.93. The van der Waals surface area contributed by atoms with Crippen molar-refractivity contribution in [2.75, 3.05) is 14.2 Å². The average molecular weight is 453 g/mol. The molecule has 0 unspecified atom stereocenters. The van der Waals surface area contributed by atoms with E-state index in [0.29, 0.717) is 16.9 Å². The number of carbonyl (C=O) groups excluding carboxylic acids is 2. The van der Waals surface area contributed by atoms with Gasteiger partial charge in [0, 0.05) is 24.2 Å². The summed E-state index contributed by atoms with van der Waals surface area (Å²) < 4.78 is 15.7. The normalized spacial score (nSPS) is 11.6. The largest absolute Gasteiger partial charge is 0.465 e. The maximum Gasteiger partial charge on any atom is 0.340 e. The van der Waals surface area contributed by atoms with E-state index in [2.05, 4.69) is 10.3 Å². The smallest absolute Gasteiger partial charge is 0.340 e. The fraction of sp³-hybridized carbons (Fsp3) is 0.120. The van der Waals surface area contributed by atoms with Gasteiger partial charge in [-0.15, -0.1) is 5.10 Å². The maximum absolute atomic E-state index is 13.1. The fourth-order valence-electron chi connectivity index (χ4n) is 4.77. The van der Waals surface area contributed by atoms with Gasteiger partial charge in [0.15, 0.2) is 5.65 Å². The van der Waals surface area contributed by atoms with Crippen LogP contribution < -0.4 is 0 Å². The van der Waals surface area contributed by atoms with Gasteiger partial charge >= 0.3 is 11.9 Å². The minimum atomic E-state index is -0.635. The van der Waals surface area contributed by atoms with Gasteiger partial charge in [-0.05, 0) is 6.07 Å². The van der Waals surface area contributed by atoms with E-state index in [1.54, 1.807) is 15.1 Å². The van der Waals surface area contributed by atoms with Crippen molar-refractivity contribution in [3.8, 4) is 11.3 Å². The Morgan fingerprint density at radius 2 is 1.59 bits per heavy atom. The van der Waals surface area contributed by atoms with Crippen molar-refractivity contribution in [2.24, 2.45) is 7.05 Å². The molecule has 0 saturated carbocycles. The molecule has 0 spiro atoms. The third kappa shape index (κ3) is 2.49. The van der Waals surface area contributed by atoms with Crippen LogP contribution in [0, 0.1) is 0 Å². The first kappa shape index (κ1) is 20.0. The third-order valence-electron chi connectivity index (χ3n) is 6.24. The quantitative estimate of drug-likeness (QED) is 0.378. The molecule has 0 aliphatic rings. The Morgan fingerprint density at radius 1 is 0.882 bits per heavy atom. The SMILES string of the molecule is COC(=O)c1cn2c(c1C(=O)OC)c1c3ccccc3n(C)c1n1nnc(-c3ccccc3)c21. The van der Waals surface area contributed by atoms with E-state index < -0.39 is 11.9 Å².